The standard InChI is InChI=1S/C19H20N2O3/c22-19(23)11-6-13-21-17-10-5-4-9-16(17)20-18(21)12-14-24-15-7-2-1-3-8-15/h1-5,7-10H,6,11-14H2,(H,22,23). The van der Waals surface area contributed by atoms with Crippen LogP contribution in [0, 0.1) is 0 Å². The molecule has 0 aliphatic rings. The molecule has 0 spiro atoms. The number of rotatable bonds is 8. The third-order valence-electron chi connectivity index (χ3n) is 3.84. The van der Waals surface area contributed by atoms with Gasteiger partial charge in [0.1, 0.15) is 11.6 Å². The summed E-state index contributed by atoms with van der Waals surface area (Å²) < 4.78 is 7.86. The zero-order chi connectivity index (χ0) is 16.8. The first-order valence-corrected chi connectivity index (χ1v) is 8.08. The second-order valence-corrected chi connectivity index (χ2v) is 5.58. The van der Waals surface area contributed by atoms with Crippen LogP contribution in [0.25, 0.3) is 11.0 Å². The maximum Gasteiger partial charge on any atom is 0.303 e. The van der Waals surface area contributed by atoms with Crippen LogP contribution in [0.1, 0.15) is 18.7 Å². The summed E-state index contributed by atoms with van der Waals surface area (Å²) in [5.74, 6) is 0.997. The van der Waals surface area contributed by atoms with Gasteiger partial charge in [-0.1, -0.05) is 30.3 Å². The van der Waals surface area contributed by atoms with Gasteiger partial charge in [0.15, 0.2) is 0 Å². The summed E-state index contributed by atoms with van der Waals surface area (Å²) in [5.41, 5.74) is 1.97. The Morgan fingerprint density at radius 2 is 1.83 bits per heavy atom. The second kappa shape index (κ2) is 7.64. The number of carboxylic acid groups (broad SMARTS) is 1. The van der Waals surface area contributed by atoms with E-state index in [1.807, 2.05) is 54.6 Å². The van der Waals surface area contributed by atoms with Crippen molar-refractivity contribution >= 4 is 17.0 Å². The van der Waals surface area contributed by atoms with Gasteiger partial charge in [-0.15, -0.1) is 0 Å². The number of hydrogen-bond acceptors (Lipinski definition) is 3. The van der Waals surface area contributed by atoms with Crippen molar-refractivity contribution in [2.45, 2.75) is 25.8 Å². The molecule has 0 bridgehead atoms. The summed E-state index contributed by atoms with van der Waals surface area (Å²) in [6, 6.07) is 17.6. The van der Waals surface area contributed by atoms with Gasteiger partial charge >= 0.3 is 5.97 Å². The fraction of sp³-hybridized carbons (Fsp3) is 0.263. The van der Waals surface area contributed by atoms with Crippen molar-refractivity contribution in [1.29, 1.82) is 0 Å². The highest BCUT2D eigenvalue weighted by Crippen LogP contribution is 2.18. The Kier molecular flexibility index (Phi) is 5.11. The molecule has 0 aliphatic heterocycles. The van der Waals surface area contributed by atoms with E-state index in [0.717, 1.165) is 22.6 Å². The van der Waals surface area contributed by atoms with Crippen LogP contribution >= 0.6 is 0 Å². The lowest BCUT2D eigenvalue weighted by Gasteiger charge is -2.09. The quantitative estimate of drug-likeness (QED) is 0.688. The molecule has 0 aliphatic carbocycles. The van der Waals surface area contributed by atoms with Crippen molar-refractivity contribution in [2.75, 3.05) is 6.61 Å². The second-order valence-electron chi connectivity index (χ2n) is 5.58. The van der Waals surface area contributed by atoms with Gasteiger partial charge in [0.05, 0.1) is 17.6 Å². The summed E-state index contributed by atoms with van der Waals surface area (Å²) in [5, 5.41) is 8.85. The molecule has 0 saturated heterocycles. The van der Waals surface area contributed by atoms with Crippen molar-refractivity contribution < 1.29 is 14.6 Å². The summed E-state index contributed by atoms with van der Waals surface area (Å²) in [7, 11) is 0. The number of aromatic nitrogens is 2. The van der Waals surface area contributed by atoms with E-state index in [0.29, 0.717) is 26.0 Å². The van der Waals surface area contributed by atoms with Gasteiger partial charge in [-0.25, -0.2) is 4.98 Å². The molecule has 0 radical (unpaired) electrons. The van der Waals surface area contributed by atoms with Crippen LogP contribution in [0.2, 0.25) is 0 Å². The van der Waals surface area contributed by atoms with Crippen molar-refractivity contribution in [2.24, 2.45) is 0 Å². The smallest absolute Gasteiger partial charge is 0.303 e. The number of hydrogen-bond donors (Lipinski definition) is 1. The van der Waals surface area contributed by atoms with E-state index in [9.17, 15) is 4.79 Å². The number of imidazole rings is 1. The number of nitrogens with zero attached hydrogens (tertiary/aromatic N) is 2. The van der Waals surface area contributed by atoms with Gasteiger partial charge in [-0.05, 0) is 30.7 Å². The molecule has 3 rings (SSSR count). The molecule has 2 aromatic carbocycles. The average molecular weight is 324 g/mol. The molecule has 24 heavy (non-hydrogen) atoms. The Morgan fingerprint density at radius 1 is 1.08 bits per heavy atom. The van der Waals surface area contributed by atoms with Crippen molar-refractivity contribution in [3.05, 3.63) is 60.4 Å². The van der Waals surface area contributed by atoms with Crippen molar-refractivity contribution in [3.8, 4) is 5.75 Å². The maximum absolute atomic E-state index is 10.8. The molecular weight excluding hydrogens is 304 g/mol. The first-order valence-electron chi connectivity index (χ1n) is 8.08. The molecule has 0 unspecified atom stereocenters. The van der Waals surface area contributed by atoms with E-state index < -0.39 is 5.97 Å². The molecule has 5 heteroatoms. The molecule has 1 N–H and O–H groups in total. The van der Waals surface area contributed by atoms with Gasteiger partial charge in [0.2, 0.25) is 0 Å². The van der Waals surface area contributed by atoms with E-state index in [2.05, 4.69) is 9.55 Å². The van der Waals surface area contributed by atoms with Crippen LogP contribution in [-0.2, 0) is 17.8 Å². The number of fused-ring (bicyclic) bond motifs is 1. The predicted octanol–water partition coefficient (Wildman–Crippen LogP) is 3.52. The topological polar surface area (TPSA) is 64.3 Å². The van der Waals surface area contributed by atoms with Gasteiger partial charge in [0.25, 0.3) is 0 Å². The SMILES string of the molecule is O=C(O)CCCn1c(CCOc2ccccc2)nc2ccccc21. The Hall–Kier alpha value is -2.82. The van der Waals surface area contributed by atoms with Crippen LogP contribution < -0.4 is 4.74 Å². The van der Waals surface area contributed by atoms with E-state index >= 15 is 0 Å². The molecule has 0 saturated carbocycles. The molecule has 0 amide bonds. The lowest BCUT2D eigenvalue weighted by atomic mass is 10.3. The molecule has 3 aromatic rings. The van der Waals surface area contributed by atoms with Gasteiger partial charge in [-0.2, -0.15) is 0 Å². The van der Waals surface area contributed by atoms with E-state index in [4.69, 9.17) is 9.84 Å². The van der Waals surface area contributed by atoms with Gasteiger partial charge < -0.3 is 14.4 Å². The molecule has 1 heterocycles. The number of carbonyl (C=O) groups is 1. The summed E-state index contributed by atoms with van der Waals surface area (Å²) in [4.78, 5) is 15.4. The fourth-order valence-corrected chi connectivity index (χ4v) is 2.73. The number of carboxylic acids is 1. The minimum Gasteiger partial charge on any atom is -0.493 e. The van der Waals surface area contributed by atoms with Crippen molar-refractivity contribution in [3.63, 3.8) is 0 Å². The van der Waals surface area contributed by atoms with Crippen LogP contribution in [0.4, 0.5) is 0 Å². The van der Waals surface area contributed by atoms with E-state index in [-0.39, 0.29) is 6.42 Å². The Morgan fingerprint density at radius 3 is 2.62 bits per heavy atom. The van der Waals surface area contributed by atoms with Gasteiger partial charge in [-0.3, -0.25) is 4.79 Å². The lowest BCUT2D eigenvalue weighted by molar-refractivity contribution is -0.137. The number of benzene rings is 2. The third-order valence-corrected chi connectivity index (χ3v) is 3.84. The zero-order valence-electron chi connectivity index (χ0n) is 13.4. The Balaban J connectivity index is 1.72. The fourth-order valence-electron chi connectivity index (χ4n) is 2.73. The minimum atomic E-state index is -0.770. The van der Waals surface area contributed by atoms with E-state index in [1.165, 1.54) is 0 Å². The van der Waals surface area contributed by atoms with Crippen LogP contribution in [0.15, 0.2) is 54.6 Å². The number of ether oxygens (including phenoxy) is 1. The molecule has 124 valence electrons. The average Bonchev–Trinajstić information content (AvgIpc) is 2.93. The molecule has 0 atom stereocenters. The number of para-hydroxylation sites is 3. The molecule has 1 aromatic heterocycles. The zero-order valence-corrected chi connectivity index (χ0v) is 13.4. The van der Waals surface area contributed by atoms with Gasteiger partial charge in [0, 0.05) is 19.4 Å². The first-order chi connectivity index (χ1) is 11.7. The van der Waals surface area contributed by atoms with Crippen LogP contribution in [0.5, 0.6) is 5.75 Å². The minimum absolute atomic E-state index is 0.159. The maximum atomic E-state index is 10.8. The summed E-state index contributed by atoms with van der Waals surface area (Å²) in [6.45, 7) is 1.18. The third kappa shape index (κ3) is 3.93. The van der Waals surface area contributed by atoms with E-state index in [1.54, 1.807) is 0 Å². The summed E-state index contributed by atoms with van der Waals surface area (Å²) in [6.07, 6.45) is 1.42. The Bertz CT molecular complexity index is 812. The molecular formula is C19H20N2O3. The predicted molar refractivity (Wildman–Crippen MR) is 92.2 cm³/mol. The number of aryl methyl sites for hydroxylation is 1. The Labute approximate surface area is 140 Å². The van der Waals surface area contributed by atoms with Crippen LogP contribution in [0.3, 0.4) is 0 Å². The summed E-state index contributed by atoms with van der Waals surface area (Å²) >= 11 is 0. The monoisotopic (exact) mass is 324 g/mol. The number of aliphatic carboxylic acids is 1. The van der Waals surface area contributed by atoms with Crippen molar-refractivity contribution in [1.82, 2.24) is 9.55 Å². The highest BCUT2D eigenvalue weighted by atomic mass is 16.5. The molecule has 0 fully saturated rings. The van der Waals surface area contributed by atoms with Crippen LogP contribution in [-0.4, -0.2) is 27.2 Å². The highest BCUT2D eigenvalue weighted by Gasteiger charge is 2.11. The highest BCUT2D eigenvalue weighted by molar-refractivity contribution is 5.76. The largest absolute Gasteiger partial charge is 0.493 e. The normalized spacial score (nSPS) is 10.8. The first kappa shape index (κ1) is 16.1. The lowest BCUT2D eigenvalue weighted by Crippen LogP contribution is -2.10. The molecule has 5 nitrogen and oxygen atoms in total.